The van der Waals surface area contributed by atoms with E-state index in [4.69, 9.17) is 4.74 Å². The predicted molar refractivity (Wildman–Crippen MR) is 87.0 cm³/mol. The highest BCUT2D eigenvalue weighted by Crippen LogP contribution is 2.27. The van der Waals surface area contributed by atoms with Gasteiger partial charge in [-0.1, -0.05) is 13.8 Å². The molecule has 2 rings (SSSR count). The third-order valence-electron chi connectivity index (χ3n) is 3.91. The van der Waals surface area contributed by atoms with Crippen molar-refractivity contribution in [1.82, 2.24) is 9.97 Å². The molecule has 1 aliphatic rings. The van der Waals surface area contributed by atoms with Gasteiger partial charge in [-0.15, -0.1) is 0 Å². The molecule has 0 aromatic carbocycles. The Bertz CT molecular complexity index is 470. The molecule has 1 fully saturated rings. The summed E-state index contributed by atoms with van der Waals surface area (Å²) < 4.78 is 5.63. The van der Waals surface area contributed by atoms with Crippen LogP contribution in [0, 0.1) is 6.92 Å². The van der Waals surface area contributed by atoms with Crippen LogP contribution in [0.2, 0.25) is 0 Å². The fourth-order valence-corrected chi connectivity index (χ4v) is 2.58. The lowest BCUT2D eigenvalue weighted by Gasteiger charge is -2.35. The van der Waals surface area contributed by atoms with Crippen molar-refractivity contribution < 1.29 is 4.74 Å². The first-order valence-electron chi connectivity index (χ1n) is 8.05. The summed E-state index contributed by atoms with van der Waals surface area (Å²) in [5.74, 6) is 2.77. The molecule has 2 N–H and O–H groups in total. The summed E-state index contributed by atoms with van der Waals surface area (Å²) in [5.41, 5.74) is 1.05. The molecule has 21 heavy (non-hydrogen) atoms. The Balaban J connectivity index is 2.24. The van der Waals surface area contributed by atoms with Gasteiger partial charge in [0.2, 0.25) is 0 Å². The minimum absolute atomic E-state index is 0.0373. The molecule has 1 saturated heterocycles. The van der Waals surface area contributed by atoms with E-state index in [1.165, 1.54) is 0 Å². The zero-order valence-corrected chi connectivity index (χ0v) is 13.8. The third kappa shape index (κ3) is 4.06. The zero-order valence-electron chi connectivity index (χ0n) is 13.8. The van der Waals surface area contributed by atoms with Crippen molar-refractivity contribution in [1.29, 1.82) is 0 Å². The van der Waals surface area contributed by atoms with Crippen molar-refractivity contribution >= 4 is 11.6 Å². The largest absolute Gasteiger partial charge is 0.379 e. The first kappa shape index (κ1) is 16.0. The Labute approximate surface area is 127 Å². The monoisotopic (exact) mass is 292 g/mol. The number of nitrogens with zero attached hydrogens (tertiary/aromatic N) is 2. The highest BCUT2D eigenvalue weighted by Gasteiger charge is 2.28. The van der Waals surface area contributed by atoms with E-state index < -0.39 is 0 Å². The molecule has 0 amide bonds. The molecule has 1 aliphatic heterocycles. The summed E-state index contributed by atoms with van der Waals surface area (Å²) in [6.45, 7) is 11.1. The molecule has 0 saturated carbocycles. The van der Waals surface area contributed by atoms with Crippen LogP contribution in [0.1, 0.15) is 51.4 Å². The molecule has 0 radical (unpaired) electrons. The minimum atomic E-state index is -0.0373. The van der Waals surface area contributed by atoms with Gasteiger partial charge in [-0.3, -0.25) is 0 Å². The molecule has 1 aromatic rings. The second-order valence-electron chi connectivity index (χ2n) is 6.08. The van der Waals surface area contributed by atoms with Crippen LogP contribution < -0.4 is 10.6 Å². The van der Waals surface area contributed by atoms with E-state index in [1.807, 2.05) is 0 Å². The van der Waals surface area contributed by atoms with Gasteiger partial charge in [0.05, 0.1) is 12.1 Å². The van der Waals surface area contributed by atoms with E-state index in [1.54, 1.807) is 0 Å². The summed E-state index contributed by atoms with van der Waals surface area (Å²) in [5, 5.41) is 7.01. The summed E-state index contributed by atoms with van der Waals surface area (Å²) in [6, 6.07) is 0. The fraction of sp³-hybridized carbons (Fsp3) is 0.750. The quantitative estimate of drug-likeness (QED) is 0.843. The number of hydrogen-bond donors (Lipinski definition) is 2. The van der Waals surface area contributed by atoms with E-state index in [0.29, 0.717) is 0 Å². The van der Waals surface area contributed by atoms with Crippen LogP contribution >= 0.6 is 0 Å². The summed E-state index contributed by atoms with van der Waals surface area (Å²) >= 11 is 0. The van der Waals surface area contributed by atoms with Gasteiger partial charge in [-0.2, -0.15) is 0 Å². The van der Waals surface area contributed by atoms with Crippen LogP contribution in [-0.4, -0.2) is 35.3 Å². The number of rotatable bonds is 6. The van der Waals surface area contributed by atoms with Crippen molar-refractivity contribution in [2.75, 3.05) is 30.4 Å². The number of aryl methyl sites for hydroxylation is 1. The van der Waals surface area contributed by atoms with Crippen LogP contribution in [0.25, 0.3) is 0 Å². The van der Waals surface area contributed by atoms with Crippen molar-refractivity contribution in [3.63, 3.8) is 0 Å². The average molecular weight is 292 g/mol. The van der Waals surface area contributed by atoms with E-state index in [9.17, 15) is 0 Å². The molecule has 0 aliphatic carbocycles. The lowest BCUT2D eigenvalue weighted by atomic mass is 9.94. The van der Waals surface area contributed by atoms with Gasteiger partial charge in [0, 0.05) is 25.1 Å². The second kappa shape index (κ2) is 7.07. The van der Waals surface area contributed by atoms with Crippen LogP contribution in [0.3, 0.4) is 0 Å². The van der Waals surface area contributed by atoms with Gasteiger partial charge in [0.25, 0.3) is 0 Å². The second-order valence-corrected chi connectivity index (χ2v) is 6.08. The zero-order chi connectivity index (χ0) is 15.3. The molecular formula is C16H28N4O. The number of hydrogen-bond acceptors (Lipinski definition) is 5. The summed E-state index contributed by atoms with van der Waals surface area (Å²) in [4.78, 5) is 9.29. The molecule has 5 nitrogen and oxygen atoms in total. The molecule has 1 atom stereocenters. The van der Waals surface area contributed by atoms with Gasteiger partial charge in [0.1, 0.15) is 17.5 Å². The average Bonchev–Trinajstić information content (AvgIpc) is 2.48. The van der Waals surface area contributed by atoms with Gasteiger partial charge < -0.3 is 15.4 Å². The van der Waals surface area contributed by atoms with E-state index in [-0.39, 0.29) is 5.54 Å². The Hall–Kier alpha value is -1.36. The van der Waals surface area contributed by atoms with E-state index in [0.717, 1.165) is 68.5 Å². The summed E-state index contributed by atoms with van der Waals surface area (Å²) in [7, 11) is 0. The molecule has 118 valence electrons. The highest BCUT2D eigenvalue weighted by atomic mass is 16.5. The van der Waals surface area contributed by atoms with Gasteiger partial charge in [-0.25, -0.2) is 9.97 Å². The molecule has 2 heterocycles. The number of nitrogens with one attached hydrogen (secondary N) is 2. The molecule has 1 unspecified atom stereocenters. The topological polar surface area (TPSA) is 59.1 Å². The molecule has 0 spiro atoms. The molecule has 0 bridgehead atoms. The van der Waals surface area contributed by atoms with Crippen LogP contribution in [-0.2, 0) is 11.2 Å². The lowest BCUT2D eigenvalue weighted by Crippen LogP contribution is -2.43. The molecular weight excluding hydrogens is 264 g/mol. The maximum Gasteiger partial charge on any atom is 0.135 e. The Kier molecular flexibility index (Phi) is 5.39. The minimum Gasteiger partial charge on any atom is -0.379 e. The standard InChI is InChI=1S/C16H28N4O/c1-5-9-17-14-12(3)15(19-13(6-2)18-14)20-16(4)8-7-10-21-11-16/h5-11H2,1-4H3,(H2,17,18,19,20). The fourth-order valence-electron chi connectivity index (χ4n) is 2.58. The third-order valence-corrected chi connectivity index (χ3v) is 3.91. The Morgan fingerprint density at radius 1 is 1.24 bits per heavy atom. The maximum atomic E-state index is 5.63. The smallest absolute Gasteiger partial charge is 0.135 e. The van der Waals surface area contributed by atoms with Crippen molar-refractivity contribution in [2.45, 2.75) is 58.9 Å². The van der Waals surface area contributed by atoms with Crippen molar-refractivity contribution in [3.8, 4) is 0 Å². The lowest BCUT2D eigenvalue weighted by molar-refractivity contribution is 0.0538. The predicted octanol–water partition coefficient (Wildman–Crippen LogP) is 3.15. The van der Waals surface area contributed by atoms with Gasteiger partial charge in [0.15, 0.2) is 0 Å². The van der Waals surface area contributed by atoms with Crippen LogP contribution in [0.15, 0.2) is 0 Å². The molecule has 1 aromatic heterocycles. The normalized spacial score (nSPS) is 22.1. The van der Waals surface area contributed by atoms with E-state index >= 15 is 0 Å². The van der Waals surface area contributed by atoms with Crippen LogP contribution in [0.4, 0.5) is 11.6 Å². The Morgan fingerprint density at radius 2 is 2.00 bits per heavy atom. The van der Waals surface area contributed by atoms with E-state index in [2.05, 4.69) is 48.3 Å². The maximum absolute atomic E-state index is 5.63. The first-order chi connectivity index (χ1) is 10.1. The number of anilines is 2. The number of ether oxygens (including phenoxy) is 1. The summed E-state index contributed by atoms with van der Waals surface area (Å²) in [6.07, 6.45) is 4.12. The Morgan fingerprint density at radius 3 is 2.62 bits per heavy atom. The van der Waals surface area contributed by atoms with Gasteiger partial charge in [-0.05, 0) is 33.1 Å². The SMILES string of the molecule is CCCNc1nc(CC)nc(NC2(C)CCCOC2)c1C. The highest BCUT2D eigenvalue weighted by molar-refractivity contribution is 5.58. The van der Waals surface area contributed by atoms with Crippen molar-refractivity contribution in [3.05, 3.63) is 11.4 Å². The molecule has 5 heteroatoms. The van der Waals surface area contributed by atoms with Crippen LogP contribution in [0.5, 0.6) is 0 Å². The van der Waals surface area contributed by atoms with Crippen molar-refractivity contribution in [2.24, 2.45) is 0 Å². The first-order valence-corrected chi connectivity index (χ1v) is 8.05. The number of aromatic nitrogens is 2. The van der Waals surface area contributed by atoms with Gasteiger partial charge >= 0.3 is 0 Å².